The molecule has 1 aliphatic rings. The van der Waals surface area contributed by atoms with Crippen LogP contribution >= 0.6 is 0 Å². The standard InChI is InChI=1S/C14H25N5O2.CH2O2/c1-12(9-21-2)17-14(20)13-3-5-18(6-4-13)7-8-19-10-15-16-11-19;2-1-3/h10-13H,3-9H2,1-2H3,(H,17,20);1H,(H,2,3). The molecule has 0 radical (unpaired) electrons. The average molecular weight is 341 g/mol. The molecule has 0 aliphatic carbocycles. The van der Waals surface area contributed by atoms with Crippen LogP contribution in [-0.2, 0) is 20.9 Å². The molecule has 0 aromatic carbocycles. The van der Waals surface area contributed by atoms with Crippen molar-refractivity contribution in [2.75, 3.05) is 33.4 Å². The van der Waals surface area contributed by atoms with Crippen molar-refractivity contribution < 1.29 is 19.4 Å². The van der Waals surface area contributed by atoms with Crippen LogP contribution in [0.15, 0.2) is 12.7 Å². The molecule has 1 atom stereocenters. The third-order valence-electron chi connectivity index (χ3n) is 3.90. The molecule has 1 aromatic rings. The van der Waals surface area contributed by atoms with Gasteiger partial charge in [-0.15, -0.1) is 10.2 Å². The van der Waals surface area contributed by atoms with Crippen molar-refractivity contribution in [1.82, 2.24) is 25.0 Å². The summed E-state index contributed by atoms with van der Waals surface area (Å²) in [5.41, 5.74) is 0. The molecule has 136 valence electrons. The summed E-state index contributed by atoms with van der Waals surface area (Å²) in [7, 11) is 1.65. The van der Waals surface area contributed by atoms with E-state index in [0.29, 0.717) is 6.61 Å². The lowest BCUT2D eigenvalue weighted by Crippen LogP contribution is -2.44. The number of likely N-dealkylation sites (tertiary alicyclic amines) is 1. The summed E-state index contributed by atoms with van der Waals surface area (Å²) in [6, 6.07) is 0.0780. The first kappa shape index (κ1) is 20.0. The van der Waals surface area contributed by atoms with Crippen molar-refractivity contribution in [1.29, 1.82) is 0 Å². The molecular formula is C15H27N5O4. The number of carbonyl (C=O) groups excluding carboxylic acids is 1. The Hall–Kier alpha value is -2.00. The number of nitrogens with one attached hydrogen (secondary N) is 1. The number of aromatic nitrogens is 3. The summed E-state index contributed by atoms with van der Waals surface area (Å²) in [5, 5.41) is 17.5. The number of ether oxygens (including phenoxy) is 1. The molecule has 2 N–H and O–H groups in total. The van der Waals surface area contributed by atoms with Gasteiger partial charge < -0.3 is 24.6 Å². The van der Waals surface area contributed by atoms with Gasteiger partial charge in [0.05, 0.1) is 6.61 Å². The third-order valence-corrected chi connectivity index (χ3v) is 3.90. The average Bonchev–Trinajstić information content (AvgIpc) is 3.08. The first-order valence-electron chi connectivity index (χ1n) is 8.02. The number of methoxy groups -OCH3 is 1. The largest absolute Gasteiger partial charge is 0.483 e. The fourth-order valence-corrected chi connectivity index (χ4v) is 2.67. The minimum absolute atomic E-state index is 0.0780. The molecule has 2 rings (SSSR count). The van der Waals surface area contributed by atoms with Crippen LogP contribution in [0, 0.1) is 5.92 Å². The number of nitrogens with zero attached hydrogens (tertiary/aromatic N) is 4. The Kier molecular flexibility index (Phi) is 9.62. The topological polar surface area (TPSA) is 110 Å². The van der Waals surface area contributed by atoms with E-state index in [1.165, 1.54) is 0 Å². The molecule has 0 spiro atoms. The predicted octanol–water partition coefficient (Wildman–Crippen LogP) is -0.158. The second-order valence-corrected chi connectivity index (χ2v) is 5.79. The summed E-state index contributed by atoms with van der Waals surface area (Å²) in [5.74, 6) is 0.300. The number of amides is 1. The van der Waals surface area contributed by atoms with Gasteiger partial charge >= 0.3 is 0 Å². The Bertz CT molecular complexity index is 460. The van der Waals surface area contributed by atoms with E-state index in [4.69, 9.17) is 14.6 Å². The second kappa shape index (κ2) is 11.5. The Balaban J connectivity index is 0.000000891. The molecule has 1 saturated heterocycles. The van der Waals surface area contributed by atoms with E-state index in [9.17, 15) is 4.79 Å². The van der Waals surface area contributed by atoms with Gasteiger partial charge in [0.15, 0.2) is 0 Å². The first-order chi connectivity index (χ1) is 11.6. The van der Waals surface area contributed by atoms with E-state index in [-0.39, 0.29) is 24.3 Å². The molecule has 2 heterocycles. The van der Waals surface area contributed by atoms with Crippen molar-refractivity contribution >= 4 is 12.4 Å². The molecule has 0 bridgehead atoms. The van der Waals surface area contributed by atoms with Crippen LogP contribution < -0.4 is 5.32 Å². The van der Waals surface area contributed by atoms with Crippen molar-refractivity contribution in [3.8, 4) is 0 Å². The van der Waals surface area contributed by atoms with E-state index in [1.807, 2.05) is 11.5 Å². The maximum atomic E-state index is 12.1. The summed E-state index contributed by atoms with van der Waals surface area (Å²) < 4.78 is 7.02. The highest BCUT2D eigenvalue weighted by atomic mass is 16.5. The number of hydrogen-bond acceptors (Lipinski definition) is 6. The smallest absolute Gasteiger partial charge is 0.290 e. The molecule has 1 aromatic heterocycles. The lowest BCUT2D eigenvalue weighted by molar-refractivity contribution is -0.127. The lowest BCUT2D eigenvalue weighted by Gasteiger charge is -2.31. The number of carboxylic acid groups (broad SMARTS) is 1. The summed E-state index contributed by atoms with van der Waals surface area (Å²) in [6.07, 6.45) is 5.32. The highest BCUT2D eigenvalue weighted by molar-refractivity contribution is 5.79. The Labute approximate surface area is 142 Å². The highest BCUT2D eigenvalue weighted by Gasteiger charge is 2.25. The van der Waals surface area contributed by atoms with E-state index in [0.717, 1.165) is 39.0 Å². The molecule has 1 aliphatic heterocycles. The summed E-state index contributed by atoms with van der Waals surface area (Å²) in [4.78, 5) is 22.9. The zero-order valence-electron chi connectivity index (χ0n) is 14.3. The van der Waals surface area contributed by atoms with Crippen LogP contribution in [0.2, 0.25) is 0 Å². The predicted molar refractivity (Wildman–Crippen MR) is 87.4 cm³/mol. The summed E-state index contributed by atoms with van der Waals surface area (Å²) >= 11 is 0. The number of piperidine rings is 1. The van der Waals surface area contributed by atoms with E-state index in [2.05, 4.69) is 20.4 Å². The van der Waals surface area contributed by atoms with E-state index < -0.39 is 0 Å². The SMILES string of the molecule is COCC(C)NC(=O)C1CCN(CCn2cnnc2)CC1.O=CO. The van der Waals surface area contributed by atoms with Gasteiger partial charge in [-0.2, -0.15) is 0 Å². The van der Waals surface area contributed by atoms with Gasteiger partial charge in [-0.1, -0.05) is 0 Å². The van der Waals surface area contributed by atoms with Crippen LogP contribution in [0.4, 0.5) is 0 Å². The highest BCUT2D eigenvalue weighted by Crippen LogP contribution is 2.17. The maximum absolute atomic E-state index is 12.1. The third kappa shape index (κ3) is 7.51. The minimum Gasteiger partial charge on any atom is -0.483 e. The number of hydrogen-bond donors (Lipinski definition) is 2. The molecule has 1 amide bonds. The van der Waals surface area contributed by atoms with Crippen LogP contribution in [0.25, 0.3) is 0 Å². The zero-order chi connectivity index (χ0) is 17.8. The van der Waals surface area contributed by atoms with Crippen LogP contribution in [0.3, 0.4) is 0 Å². The molecule has 1 fully saturated rings. The molecular weight excluding hydrogens is 314 g/mol. The van der Waals surface area contributed by atoms with Gasteiger partial charge in [0, 0.05) is 32.2 Å². The van der Waals surface area contributed by atoms with Crippen molar-refractivity contribution in [2.45, 2.75) is 32.4 Å². The number of rotatable bonds is 7. The zero-order valence-corrected chi connectivity index (χ0v) is 14.3. The van der Waals surface area contributed by atoms with Crippen LogP contribution in [-0.4, -0.2) is 76.5 Å². The Morgan fingerprint density at radius 1 is 1.38 bits per heavy atom. The van der Waals surface area contributed by atoms with Crippen molar-refractivity contribution in [3.63, 3.8) is 0 Å². The van der Waals surface area contributed by atoms with Gasteiger partial charge in [-0.3, -0.25) is 9.59 Å². The van der Waals surface area contributed by atoms with Gasteiger partial charge in [-0.05, 0) is 32.9 Å². The first-order valence-corrected chi connectivity index (χ1v) is 8.02. The van der Waals surface area contributed by atoms with Gasteiger partial charge in [-0.25, -0.2) is 0 Å². The second-order valence-electron chi connectivity index (χ2n) is 5.79. The van der Waals surface area contributed by atoms with E-state index >= 15 is 0 Å². The molecule has 9 heteroatoms. The van der Waals surface area contributed by atoms with Crippen molar-refractivity contribution in [3.05, 3.63) is 12.7 Å². The normalized spacial score (nSPS) is 16.8. The molecule has 1 unspecified atom stereocenters. The number of carbonyl (C=O) groups is 2. The van der Waals surface area contributed by atoms with Gasteiger partial charge in [0.1, 0.15) is 12.7 Å². The van der Waals surface area contributed by atoms with Gasteiger partial charge in [0.2, 0.25) is 5.91 Å². The van der Waals surface area contributed by atoms with Gasteiger partial charge in [0.25, 0.3) is 6.47 Å². The monoisotopic (exact) mass is 341 g/mol. The molecule has 0 saturated carbocycles. The minimum atomic E-state index is -0.250. The Morgan fingerprint density at radius 3 is 2.50 bits per heavy atom. The quantitative estimate of drug-likeness (QED) is 0.663. The van der Waals surface area contributed by atoms with E-state index in [1.54, 1.807) is 19.8 Å². The van der Waals surface area contributed by atoms with Crippen LogP contribution in [0.5, 0.6) is 0 Å². The fourth-order valence-electron chi connectivity index (χ4n) is 2.67. The Morgan fingerprint density at radius 2 is 1.96 bits per heavy atom. The fraction of sp³-hybridized carbons (Fsp3) is 0.733. The molecule has 24 heavy (non-hydrogen) atoms. The molecule has 9 nitrogen and oxygen atoms in total. The lowest BCUT2D eigenvalue weighted by atomic mass is 9.95. The maximum Gasteiger partial charge on any atom is 0.290 e. The summed E-state index contributed by atoms with van der Waals surface area (Å²) in [6.45, 7) is 6.10. The van der Waals surface area contributed by atoms with Crippen LogP contribution in [0.1, 0.15) is 19.8 Å². The van der Waals surface area contributed by atoms with Crippen molar-refractivity contribution in [2.24, 2.45) is 5.92 Å².